The predicted octanol–water partition coefficient (Wildman–Crippen LogP) is 5.13. The molecule has 0 aliphatic carbocycles. The van der Waals surface area contributed by atoms with Gasteiger partial charge < -0.3 is 14.9 Å². The van der Waals surface area contributed by atoms with Gasteiger partial charge in [0.05, 0.1) is 6.16 Å². The zero-order valence-electron chi connectivity index (χ0n) is 14.0. The first kappa shape index (κ1) is 20.3. The Morgan fingerprint density at radius 3 is 2.16 bits per heavy atom. The van der Waals surface area contributed by atoms with Gasteiger partial charge in [0.1, 0.15) is 5.75 Å². The molecule has 0 aliphatic heterocycles. The quantitative estimate of drug-likeness (QED) is 0.584. The van der Waals surface area contributed by atoms with Gasteiger partial charge in [-0.1, -0.05) is 49.2 Å². The van der Waals surface area contributed by atoms with E-state index in [1.165, 1.54) is 0 Å². The highest BCUT2D eigenvalue weighted by molar-refractivity contribution is 7.51. The minimum Gasteiger partial charge on any atom is -0.508 e. The van der Waals surface area contributed by atoms with Crippen LogP contribution in [-0.2, 0) is 17.4 Å². The Morgan fingerprint density at radius 1 is 1.04 bits per heavy atom. The van der Waals surface area contributed by atoms with E-state index in [1.54, 1.807) is 18.2 Å². The number of rotatable bonds is 6. The molecule has 0 heterocycles. The fraction of sp³-hybridized carbons (Fsp3) is 0.333. The van der Waals surface area contributed by atoms with Crippen LogP contribution < -0.4 is 0 Å². The van der Waals surface area contributed by atoms with Crippen molar-refractivity contribution in [1.82, 2.24) is 0 Å². The number of aromatic hydroxyl groups is 1. The van der Waals surface area contributed by atoms with Gasteiger partial charge in [0.2, 0.25) is 0 Å². The largest absolute Gasteiger partial charge is 0.508 e. The molecule has 0 aliphatic rings. The van der Waals surface area contributed by atoms with Crippen LogP contribution in [0.1, 0.15) is 42.0 Å². The lowest BCUT2D eigenvalue weighted by atomic mass is 9.96. The number of hydrogen-bond acceptors (Lipinski definition) is 2. The van der Waals surface area contributed by atoms with E-state index in [1.807, 2.05) is 26.0 Å². The van der Waals surface area contributed by atoms with E-state index in [0.717, 1.165) is 16.7 Å². The van der Waals surface area contributed by atoms with Crippen LogP contribution in [0.15, 0.2) is 30.3 Å². The number of aryl methyl sites for hydroxylation is 1. The Bertz CT molecular complexity index is 792. The Labute approximate surface area is 157 Å². The van der Waals surface area contributed by atoms with Crippen molar-refractivity contribution in [2.24, 2.45) is 0 Å². The van der Waals surface area contributed by atoms with E-state index in [4.69, 9.17) is 33.0 Å². The summed E-state index contributed by atoms with van der Waals surface area (Å²) in [7, 11) is -4.06. The summed E-state index contributed by atoms with van der Waals surface area (Å²) < 4.78 is 11.0. The zero-order valence-corrected chi connectivity index (χ0v) is 16.4. The van der Waals surface area contributed by atoms with E-state index in [9.17, 15) is 9.67 Å². The minimum atomic E-state index is -4.06. The molecule has 0 radical (unpaired) electrons. The lowest BCUT2D eigenvalue weighted by Crippen LogP contribution is -1.98. The summed E-state index contributed by atoms with van der Waals surface area (Å²) in [6.07, 6.45) is 0.478. The molecule has 2 rings (SSSR count). The van der Waals surface area contributed by atoms with Crippen molar-refractivity contribution in [3.63, 3.8) is 0 Å². The molecule has 0 bridgehead atoms. The Hall–Kier alpha value is -1.03. The van der Waals surface area contributed by atoms with Gasteiger partial charge in [0.25, 0.3) is 0 Å². The molecule has 0 saturated heterocycles. The monoisotopic (exact) mass is 402 g/mol. The molecule has 0 fully saturated rings. The van der Waals surface area contributed by atoms with Crippen molar-refractivity contribution in [3.05, 3.63) is 62.6 Å². The van der Waals surface area contributed by atoms with E-state index in [0.29, 0.717) is 22.0 Å². The van der Waals surface area contributed by atoms with Crippen LogP contribution in [-0.4, -0.2) is 21.1 Å². The van der Waals surface area contributed by atoms with E-state index in [2.05, 4.69) is 0 Å². The first-order valence-electron chi connectivity index (χ1n) is 7.90. The van der Waals surface area contributed by atoms with Crippen LogP contribution in [0.5, 0.6) is 5.75 Å². The maximum absolute atomic E-state index is 11.0. The molecule has 0 aromatic heterocycles. The topological polar surface area (TPSA) is 77.8 Å². The second kappa shape index (κ2) is 8.11. The highest BCUT2D eigenvalue weighted by Crippen LogP contribution is 2.36. The van der Waals surface area contributed by atoms with Crippen LogP contribution in [0, 0.1) is 0 Å². The average molecular weight is 403 g/mol. The summed E-state index contributed by atoms with van der Waals surface area (Å²) in [5, 5.41) is 10.9. The van der Waals surface area contributed by atoms with Gasteiger partial charge in [0.15, 0.2) is 0 Å². The molecule has 0 saturated carbocycles. The maximum Gasteiger partial charge on any atom is 0.325 e. The van der Waals surface area contributed by atoms with Gasteiger partial charge in [0, 0.05) is 16.5 Å². The molecule has 7 heteroatoms. The summed E-state index contributed by atoms with van der Waals surface area (Å²) >= 11 is 12.7. The van der Waals surface area contributed by atoms with Crippen molar-refractivity contribution in [2.45, 2.75) is 32.6 Å². The first-order chi connectivity index (χ1) is 11.6. The Morgan fingerprint density at radius 2 is 1.64 bits per heavy atom. The number of phenolic OH excluding ortho intramolecular Hbond substituents is 1. The highest BCUT2D eigenvalue weighted by atomic mass is 35.5. The number of halogens is 2. The second-order valence-electron chi connectivity index (χ2n) is 6.40. The van der Waals surface area contributed by atoms with Crippen molar-refractivity contribution in [1.29, 1.82) is 0 Å². The van der Waals surface area contributed by atoms with Crippen LogP contribution in [0.3, 0.4) is 0 Å². The SMILES string of the molecule is CC(C)c1cc(Cc2c(Cl)cc(CCP(=O)(O)O)cc2Cl)ccc1O. The molecular formula is C18H21Cl2O4P. The minimum absolute atomic E-state index is 0.195. The second-order valence-corrected chi connectivity index (χ2v) is 8.99. The molecule has 0 amide bonds. The third-order valence-electron chi connectivity index (χ3n) is 3.99. The van der Waals surface area contributed by atoms with Crippen LogP contribution in [0.25, 0.3) is 0 Å². The Balaban J connectivity index is 2.26. The fourth-order valence-corrected chi connectivity index (χ4v) is 3.84. The average Bonchev–Trinajstić information content (AvgIpc) is 2.49. The molecule has 25 heavy (non-hydrogen) atoms. The summed E-state index contributed by atoms with van der Waals surface area (Å²) in [5.74, 6) is 0.463. The van der Waals surface area contributed by atoms with E-state index < -0.39 is 7.60 Å². The molecule has 136 valence electrons. The molecule has 0 unspecified atom stereocenters. The Kier molecular flexibility index (Phi) is 6.58. The number of benzene rings is 2. The summed E-state index contributed by atoms with van der Waals surface area (Å²) in [6, 6.07) is 8.83. The number of hydrogen-bond donors (Lipinski definition) is 3. The molecule has 0 atom stereocenters. The van der Waals surface area contributed by atoms with Crippen molar-refractivity contribution >= 4 is 30.8 Å². The zero-order chi connectivity index (χ0) is 18.8. The molecule has 3 N–H and O–H groups in total. The fourth-order valence-electron chi connectivity index (χ4n) is 2.62. The smallest absolute Gasteiger partial charge is 0.325 e. The third-order valence-corrected chi connectivity index (χ3v) is 5.47. The van der Waals surface area contributed by atoms with E-state index in [-0.39, 0.29) is 24.3 Å². The number of phenols is 1. The van der Waals surface area contributed by atoms with Crippen molar-refractivity contribution in [3.8, 4) is 5.75 Å². The van der Waals surface area contributed by atoms with Gasteiger partial charge in [-0.2, -0.15) is 0 Å². The van der Waals surface area contributed by atoms with Crippen molar-refractivity contribution < 1.29 is 19.5 Å². The lowest BCUT2D eigenvalue weighted by Gasteiger charge is -2.13. The molecule has 2 aromatic rings. The summed E-state index contributed by atoms with van der Waals surface area (Å²) in [4.78, 5) is 18.0. The third kappa shape index (κ3) is 5.73. The molecule has 4 nitrogen and oxygen atoms in total. The standard InChI is InChI=1S/C18H21Cl2O4P/c1-11(2)14-7-12(3-4-18(14)21)8-15-16(19)9-13(10-17(15)20)5-6-25(22,23)24/h3-4,7,9-11,21H,5-6,8H2,1-2H3,(H2,22,23,24). The van der Waals surface area contributed by atoms with Gasteiger partial charge in [-0.25, -0.2) is 0 Å². The van der Waals surface area contributed by atoms with Gasteiger partial charge in [-0.05, 0) is 52.8 Å². The summed E-state index contributed by atoms with van der Waals surface area (Å²) in [5.41, 5.74) is 3.29. The normalized spacial score (nSPS) is 12.0. The maximum atomic E-state index is 11.0. The van der Waals surface area contributed by atoms with Gasteiger partial charge >= 0.3 is 7.60 Å². The summed E-state index contributed by atoms with van der Waals surface area (Å²) in [6.45, 7) is 4.02. The van der Waals surface area contributed by atoms with Crippen LogP contribution in [0.2, 0.25) is 10.0 Å². The first-order valence-corrected chi connectivity index (χ1v) is 10.5. The molecule has 0 spiro atoms. The highest BCUT2D eigenvalue weighted by Gasteiger charge is 2.15. The van der Waals surface area contributed by atoms with Gasteiger partial charge in [-0.3, -0.25) is 4.57 Å². The van der Waals surface area contributed by atoms with Gasteiger partial charge in [-0.15, -0.1) is 0 Å². The molecule has 2 aromatic carbocycles. The lowest BCUT2D eigenvalue weighted by molar-refractivity contribution is 0.373. The molecular weight excluding hydrogens is 382 g/mol. The predicted molar refractivity (Wildman–Crippen MR) is 102 cm³/mol. The van der Waals surface area contributed by atoms with Crippen LogP contribution in [0.4, 0.5) is 0 Å². The van der Waals surface area contributed by atoms with Crippen LogP contribution >= 0.6 is 30.8 Å². The van der Waals surface area contributed by atoms with Crippen molar-refractivity contribution in [2.75, 3.05) is 6.16 Å². The van der Waals surface area contributed by atoms with E-state index >= 15 is 0 Å².